The molecule has 5 heteroatoms. The number of amides is 1. The molecule has 13 heavy (non-hydrogen) atoms. The molecule has 1 aliphatic heterocycles. The van der Waals surface area contributed by atoms with E-state index < -0.39 is 17.8 Å². The first-order valence-corrected chi connectivity index (χ1v) is 3.32. The Morgan fingerprint density at radius 3 is 1.77 bits per heavy atom. The van der Waals surface area contributed by atoms with Crippen molar-refractivity contribution in [3.05, 3.63) is 24.3 Å². The molecular formula is C8H9NO4. The summed E-state index contributed by atoms with van der Waals surface area (Å²) in [5.41, 5.74) is 5.09. The molecule has 5 nitrogen and oxygen atoms in total. The lowest BCUT2D eigenvalue weighted by Crippen LogP contribution is -2.10. The van der Waals surface area contributed by atoms with Gasteiger partial charge in [0.1, 0.15) is 0 Å². The predicted molar refractivity (Wildman–Crippen MR) is 44.2 cm³/mol. The van der Waals surface area contributed by atoms with Gasteiger partial charge in [0, 0.05) is 17.7 Å². The number of ether oxygens (including phenoxy) is 1. The second kappa shape index (κ2) is 4.87. The molecule has 0 unspecified atom stereocenters. The zero-order valence-corrected chi connectivity index (χ0v) is 7.07. The van der Waals surface area contributed by atoms with Gasteiger partial charge in [-0.25, -0.2) is 9.59 Å². The molecule has 0 aromatic carbocycles. The number of cyclic esters (lactones) is 2. The summed E-state index contributed by atoms with van der Waals surface area (Å²) in [6, 6.07) is 0. The number of primary amides is 1. The maximum Gasteiger partial charge on any atom is 0.338 e. The maximum atomic E-state index is 9.92. The second-order valence-electron chi connectivity index (χ2n) is 2.22. The van der Waals surface area contributed by atoms with E-state index in [1.807, 2.05) is 0 Å². The van der Waals surface area contributed by atoms with Crippen LogP contribution in [0.15, 0.2) is 24.3 Å². The third-order valence-corrected chi connectivity index (χ3v) is 0.977. The molecule has 1 amide bonds. The van der Waals surface area contributed by atoms with Crippen LogP contribution >= 0.6 is 0 Å². The van der Waals surface area contributed by atoms with Gasteiger partial charge in [-0.05, 0) is 6.92 Å². The van der Waals surface area contributed by atoms with Crippen LogP contribution in [-0.2, 0) is 19.1 Å². The summed E-state index contributed by atoms with van der Waals surface area (Å²) in [6.07, 6.45) is 2.17. The van der Waals surface area contributed by atoms with Gasteiger partial charge in [-0.2, -0.15) is 0 Å². The highest BCUT2D eigenvalue weighted by Crippen LogP contribution is 1.92. The van der Waals surface area contributed by atoms with Gasteiger partial charge in [-0.15, -0.1) is 0 Å². The molecule has 0 radical (unpaired) electrons. The second-order valence-corrected chi connectivity index (χ2v) is 2.22. The highest BCUT2D eigenvalue weighted by molar-refractivity contribution is 6.04. The van der Waals surface area contributed by atoms with Crippen molar-refractivity contribution in [3.63, 3.8) is 0 Å². The van der Waals surface area contributed by atoms with Gasteiger partial charge in [0.05, 0.1) is 0 Å². The summed E-state index contributed by atoms with van der Waals surface area (Å²) in [7, 11) is 0. The number of hydrogen-bond acceptors (Lipinski definition) is 4. The minimum Gasteiger partial charge on any atom is -0.387 e. The lowest BCUT2D eigenvalue weighted by Gasteiger charge is -1.81. The van der Waals surface area contributed by atoms with Gasteiger partial charge >= 0.3 is 11.9 Å². The molecule has 0 spiro atoms. The fourth-order valence-electron chi connectivity index (χ4n) is 0.303. The number of nitrogens with two attached hydrogens (primary N) is 1. The Kier molecular flexibility index (Phi) is 4.15. The largest absolute Gasteiger partial charge is 0.387 e. The zero-order chi connectivity index (χ0) is 10.4. The Balaban J connectivity index is 0.000000226. The van der Waals surface area contributed by atoms with E-state index in [1.54, 1.807) is 6.92 Å². The van der Waals surface area contributed by atoms with E-state index in [1.165, 1.54) is 0 Å². The minimum atomic E-state index is -0.579. The van der Waals surface area contributed by atoms with Crippen molar-refractivity contribution in [1.82, 2.24) is 0 Å². The van der Waals surface area contributed by atoms with Gasteiger partial charge in [0.2, 0.25) is 5.91 Å². The van der Waals surface area contributed by atoms with Crippen molar-refractivity contribution in [2.45, 2.75) is 6.92 Å². The van der Waals surface area contributed by atoms with Crippen LogP contribution < -0.4 is 5.73 Å². The molecule has 0 fully saturated rings. The van der Waals surface area contributed by atoms with Gasteiger partial charge in [0.15, 0.2) is 0 Å². The summed E-state index contributed by atoms with van der Waals surface area (Å²) in [6.45, 7) is 4.85. The molecule has 1 aliphatic rings. The van der Waals surface area contributed by atoms with Crippen molar-refractivity contribution in [2.24, 2.45) is 5.73 Å². The van der Waals surface area contributed by atoms with Crippen LogP contribution in [0.2, 0.25) is 0 Å². The molecule has 1 heterocycles. The van der Waals surface area contributed by atoms with E-state index in [2.05, 4.69) is 11.3 Å². The monoisotopic (exact) mass is 183 g/mol. The first kappa shape index (κ1) is 11.1. The minimum absolute atomic E-state index is 0.398. The van der Waals surface area contributed by atoms with E-state index in [0.717, 1.165) is 12.2 Å². The number of esters is 2. The molecular weight excluding hydrogens is 174 g/mol. The normalized spacial score (nSPS) is 13.0. The third-order valence-electron chi connectivity index (χ3n) is 0.977. The predicted octanol–water partition coefficient (Wildman–Crippen LogP) is -0.326. The topological polar surface area (TPSA) is 86.5 Å². The summed E-state index contributed by atoms with van der Waals surface area (Å²) in [5.74, 6) is -1.59. The zero-order valence-electron chi connectivity index (χ0n) is 7.07. The Morgan fingerprint density at radius 1 is 1.38 bits per heavy atom. The third kappa shape index (κ3) is 5.37. The maximum absolute atomic E-state index is 9.92. The fraction of sp³-hybridized carbons (Fsp3) is 0.125. The first-order chi connectivity index (χ1) is 5.93. The van der Waals surface area contributed by atoms with Crippen LogP contribution in [-0.4, -0.2) is 17.8 Å². The highest BCUT2D eigenvalue weighted by Gasteiger charge is 2.10. The lowest BCUT2D eigenvalue weighted by atomic mass is 10.3. The average Bonchev–Trinajstić information content (AvgIpc) is 2.35. The fourth-order valence-corrected chi connectivity index (χ4v) is 0.303. The number of carbonyl (C=O) groups excluding carboxylic acids is 3. The van der Waals surface area contributed by atoms with E-state index in [0.29, 0.717) is 5.57 Å². The Morgan fingerprint density at radius 2 is 1.69 bits per heavy atom. The molecule has 2 N–H and O–H groups in total. The summed E-state index contributed by atoms with van der Waals surface area (Å²) >= 11 is 0. The van der Waals surface area contributed by atoms with Crippen LogP contribution in [0.1, 0.15) is 6.92 Å². The van der Waals surface area contributed by atoms with E-state index in [9.17, 15) is 14.4 Å². The standard InChI is InChI=1S/C4H7NO.C4H2O3/c1-3(2)4(5)6;5-3-1-2-4(6)7-3/h1H2,2H3,(H2,5,6);1-2H. The van der Waals surface area contributed by atoms with Gasteiger partial charge in [0.25, 0.3) is 0 Å². The van der Waals surface area contributed by atoms with Crippen molar-refractivity contribution in [1.29, 1.82) is 0 Å². The molecule has 0 saturated heterocycles. The van der Waals surface area contributed by atoms with Crippen LogP contribution in [0, 0.1) is 0 Å². The number of rotatable bonds is 1. The molecule has 0 atom stereocenters. The van der Waals surface area contributed by atoms with Crippen LogP contribution in [0.3, 0.4) is 0 Å². The Labute approximate surface area is 74.9 Å². The SMILES string of the molecule is C=C(C)C(N)=O.O=C1C=CC(=O)O1. The van der Waals surface area contributed by atoms with Gasteiger partial charge in [-0.3, -0.25) is 4.79 Å². The van der Waals surface area contributed by atoms with Crippen molar-refractivity contribution < 1.29 is 19.1 Å². The first-order valence-electron chi connectivity index (χ1n) is 3.32. The van der Waals surface area contributed by atoms with Gasteiger partial charge in [-0.1, -0.05) is 6.58 Å². The van der Waals surface area contributed by atoms with E-state index in [-0.39, 0.29) is 0 Å². The smallest absolute Gasteiger partial charge is 0.338 e. The van der Waals surface area contributed by atoms with Gasteiger partial charge < -0.3 is 10.5 Å². The van der Waals surface area contributed by atoms with Crippen molar-refractivity contribution in [3.8, 4) is 0 Å². The quantitative estimate of drug-likeness (QED) is 0.342. The summed E-state index contributed by atoms with van der Waals surface area (Å²) in [4.78, 5) is 29.7. The average molecular weight is 183 g/mol. The summed E-state index contributed by atoms with van der Waals surface area (Å²) in [5, 5.41) is 0. The van der Waals surface area contributed by atoms with E-state index >= 15 is 0 Å². The van der Waals surface area contributed by atoms with E-state index in [4.69, 9.17) is 5.73 Å². The molecule has 0 aliphatic carbocycles. The molecule has 0 aromatic heterocycles. The van der Waals surface area contributed by atoms with Crippen molar-refractivity contribution >= 4 is 17.8 Å². The Bertz CT molecular complexity index is 263. The number of carbonyl (C=O) groups is 3. The highest BCUT2D eigenvalue weighted by atomic mass is 16.6. The Hall–Kier alpha value is -1.91. The molecule has 0 saturated carbocycles. The van der Waals surface area contributed by atoms with Crippen LogP contribution in [0.5, 0.6) is 0 Å². The molecule has 70 valence electrons. The van der Waals surface area contributed by atoms with Crippen LogP contribution in [0.4, 0.5) is 0 Å². The molecule has 0 bridgehead atoms. The molecule has 1 rings (SSSR count). The summed E-state index contributed by atoms with van der Waals surface area (Å²) < 4.78 is 3.97. The lowest BCUT2D eigenvalue weighted by molar-refractivity contribution is -0.150. The molecule has 0 aromatic rings. The number of hydrogen-bond donors (Lipinski definition) is 1. The van der Waals surface area contributed by atoms with Crippen LogP contribution in [0.25, 0.3) is 0 Å². The van der Waals surface area contributed by atoms with Crippen molar-refractivity contribution in [2.75, 3.05) is 0 Å².